The molecule has 0 heterocycles. The molecule has 0 fully saturated rings. The molecular weight excluding hydrogens is 84.1 g/mol. The van der Waals surface area contributed by atoms with Crippen molar-refractivity contribution in [1.82, 2.24) is 0 Å². The van der Waals surface area contributed by atoms with Gasteiger partial charge < -0.3 is 0 Å². The van der Waals surface area contributed by atoms with Crippen molar-refractivity contribution in [3.63, 3.8) is 0 Å². The maximum Gasteiger partial charge on any atom is -0.00908 e. The summed E-state index contributed by atoms with van der Waals surface area (Å²) in [4.78, 5) is 0. The Labute approximate surface area is 46.9 Å². The van der Waals surface area contributed by atoms with Gasteiger partial charge in [0.05, 0.1) is 0 Å². The summed E-state index contributed by atoms with van der Waals surface area (Å²) in [5.41, 5.74) is 0. The summed E-state index contributed by atoms with van der Waals surface area (Å²) < 4.78 is 0. The monoisotopic (exact) mass is 97.1 g/mol. The maximum atomic E-state index is 6.91. The highest BCUT2D eigenvalue weighted by molar-refractivity contribution is 4.51. The third-order valence-corrected chi connectivity index (χ3v) is 1.13. The summed E-state index contributed by atoms with van der Waals surface area (Å²) in [5, 5.41) is 0. The van der Waals surface area contributed by atoms with Crippen molar-refractivity contribution in [2.75, 3.05) is 0 Å². The van der Waals surface area contributed by atoms with E-state index in [0.717, 1.165) is 0 Å². The highest BCUT2D eigenvalue weighted by Crippen LogP contribution is 2.06. The summed E-state index contributed by atoms with van der Waals surface area (Å²) >= 11 is 0. The molecule has 0 bridgehead atoms. The summed E-state index contributed by atoms with van der Waals surface area (Å²) in [6.07, 6.45) is 3.03. The van der Waals surface area contributed by atoms with Crippen LogP contribution >= 0.6 is 0 Å². The minimum atomic E-state index is 0.591. The molecule has 1 unspecified atom stereocenters. The van der Waals surface area contributed by atoms with E-state index in [9.17, 15) is 0 Å². The molecule has 0 aliphatic heterocycles. The van der Waals surface area contributed by atoms with Crippen molar-refractivity contribution >= 4 is 0 Å². The molecule has 0 amide bonds. The Bertz CT molecular complexity index is 31.0. The van der Waals surface area contributed by atoms with Gasteiger partial charge in [0, 0.05) is 0 Å². The lowest BCUT2D eigenvalue weighted by Gasteiger charge is -2.02. The summed E-state index contributed by atoms with van der Waals surface area (Å²) in [5.74, 6) is 0.616. The van der Waals surface area contributed by atoms with Gasteiger partial charge in [-0.25, -0.2) is 0 Å². The minimum Gasteiger partial charge on any atom is -0.0654 e. The fraction of sp³-hybridized carbons (Fsp3) is 0.857. The van der Waals surface area contributed by atoms with Crippen LogP contribution in [0.3, 0.4) is 0 Å². The number of hydrogen-bond donors (Lipinski definition) is 0. The highest BCUT2D eigenvalue weighted by atomic mass is 14.0. The minimum absolute atomic E-state index is 0.591. The Morgan fingerprint density at radius 1 is 1.57 bits per heavy atom. The standard InChI is InChI=1S/C7H13/c1-4-6-7(3)5-2/h7H,4-6H2,1,3H3. The predicted octanol–water partition coefficient (Wildman–Crippen LogP) is 2.40. The van der Waals surface area contributed by atoms with E-state index in [1.807, 2.05) is 0 Å². The van der Waals surface area contributed by atoms with E-state index in [-0.39, 0.29) is 0 Å². The Kier molecular flexibility index (Phi) is 4.17. The average Bonchev–Trinajstić information content (AvgIpc) is 1.68. The Morgan fingerprint density at radius 3 is 2.29 bits per heavy atom. The van der Waals surface area contributed by atoms with Crippen LogP contribution in [0.25, 0.3) is 0 Å². The fourth-order valence-electron chi connectivity index (χ4n) is 0.595. The third-order valence-electron chi connectivity index (χ3n) is 1.13. The lowest BCUT2D eigenvalue weighted by atomic mass is 10.0. The van der Waals surface area contributed by atoms with Crippen molar-refractivity contribution in [3.8, 4) is 0 Å². The van der Waals surface area contributed by atoms with Gasteiger partial charge in [0.2, 0.25) is 0 Å². The van der Waals surface area contributed by atoms with Gasteiger partial charge in [-0.3, -0.25) is 0 Å². The Morgan fingerprint density at radius 2 is 2.14 bits per heavy atom. The van der Waals surface area contributed by atoms with Crippen LogP contribution in [0.4, 0.5) is 0 Å². The molecule has 0 saturated heterocycles. The first-order valence-electron chi connectivity index (χ1n) is 2.95. The van der Waals surface area contributed by atoms with Gasteiger partial charge in [-0.05, 0) is 19.3 Å². The summed E-state index contributed by atoms with van der Waals surface area (Å²) in [6.45, 7) is 11.2. The predicted molar refractivity (Wildman–Crippen MR) is 31.9 cm³/mol. The van der Waals surface area contributed by atoms with Crippen LogP contribution in [-0.4, -0.2) is 0 Å². The average molecular weight is 97.2 g/mol. The molecule has 0 saturated carbocycles. The largest absolute Gasteiger partial charge is 0.0654 e. The van der Waals surface area contributed by atoms with Gasteiger partial charge in [-0.15, -0.1) is 0 Å². The lowest BCUT2D eigenvalue weighted by molar-refractivity contribution is 0.530. The van der Waals surface area contributed by atoms with Gasteiger partial charge >= 0.3 is 0 Å². The van der Waals surface area contributed by atoms with Gasteiger partial charge in [0.15, 0.2) is 0 Å². The maximum absolute atomic E-state index is 6.91. The van der Waals surface area contributed by atoms with Gasteiger partial charge in [-0.1, -0.05) is 26.7 Å². The van der Waals surface area contributed by atoms with Crippen LogP contribution in [0.2, 0.25) is 0 Å². The molecule has 3 radical (unpaired) electrons. The van der Waals surface area contributed by atoms with Crippen molar-refractivity contribution in [2.45, 2.75) is 33.1 Å². The molecule has 7 heavy (non-hydrogen) atoms. The van der Waals surface area contributed by atoms with Crippen LogP contribution in [-0.2, 0) is 0 Å². The first-order chi connectivity index (χ1) is 3.31. The summed E-state index contributed by atoms with van der Waals surface area (Å²) in [7, 11) is 0. The second kappa shape index (κ2) is 4.17. The van der Waals surface area contributed by atoms with Crippen molar-refractivity contribution < 1.29 is 0 Å². The molecule has 0 aromatic carbocycles. The fourth-order valence-corrected chi connectivity index (χ4v) is 0.595. The molecule has 0 aromatic rings. The molecular formula is C7H13. The molecule has 0 aliphatic carbocycles. The zero-order valence-corrected chi connectivity index (χ0v) is 5.20. The zero-order valence-electron chi connectivity index (χ0n) is 5.20. The van der Waals surface area contributed by atoms with Crippen LogP contribution in [0, 0.1) is 12.8 Å². The number of hydrogen-bond acceptors (Lipinski definition) is 0. The SMILES string of the molecule is [C]CC(C)CCC. The van der Waals surface area contributed by atoms with Crippen LogP contribution in [0.1, 0.15) is 33.1 Å². The van der Waals surface area contributed by atoms with Crippen molar-refractivity contribution in [2.24, 2.45) is 5.92 Å². The molecule has 0 aliphatic rings. The van der Waals surface area contributed by atoms with E-state index in [1.54, 1.807) is 0 Å². The molecule has 41 valence electrons. The van der Waals surface area contributed by atoms with E-state index in [1.165, 1.54) is 12.8 Å². The van der Waals surface area contributed by atoms with Gasteiger partial charge in [0.1, 0.15) is 0 Å². The normalized spacial score (nSPS) is 14.1. The first-order valence-corrected chi connectivity index (χ1v) is 2.95. The molecule has 0 spiro atoms. The molecule has 0 aromatic heterocycles. The van der Waals surface area contributed by atoms with E-state index < -0.39 is 0 Å². The van der Waals surface area contributed by atoms with Crippen molar-refractivity contribution in [1.29, 1.82) is 0 Å². The molecule has 0 heteroatoms. The van der Waals surface area contributed by atoms with Gasteiger partial charge in [-0.2, -0.15) is 0 Å². The van der Waals surface area contributed by atoms with E-state index >= 15 is 0 Å². The van der Waals surface area contributed by atoms with Crippen LogP contribution in [0.15, 0.2) is 0 Å². The van der Waals surface area contributed by atoms with Crippen LogP contribution < -0.4 is 0 Å². The second-order valence-electron chi connectivity index (χ2n) is 2.10. The zero-order chi connectivity index (χ0) is 5.70. The molecule has 0 N–H and O–H groups in total. The molecule has 1 atom stereocenters. The second-order valence-corrected chi connectivity index (χ2v) is 2.10. The Hall–Kier alpha value is 0. The highest BCUT2D eigenvalue weighted by Gasteiger charge is 1.93. The van der Waals surface area contributed by atoms with Gasteiger partial charge in [0.25, 0.3) is 0 Å². The smallest absolute Gasteiger partial charge is 0.00908 e. The lowest BCUT2D eigenvalue weighted by Crippen LogP contribution is -1.88. The third kappa shape index (κ3) is 3.84. The van der Waals surface area contributed by atoms with E-state index in [0.29, 0.717) is 12.3 Å². The van der Waals surface area contributed by atoms with Crippen molar-refractivity contribution in [3.05, 3.63) is 6.92 Å². The summed E-state index contributed by atoms with van der Waals surface area (Å²) in [6, 6.07) is 0. The quantitative estimate of drug-likeness (QED) is 0.507. The van der Waals surface area contributed by atoms with Crippen LogP contribution in [0.5, 0.6) is 0 Å². The Balaban J connectivity index is 2.83. The number of rotatable bonds is 3. The molecule has 0 rings (SSSR count). The van der Waals surface area contributed by atoms with E-state index in [2.05, 4.69) is 13.8 Å². The topological polar surface area (TPSA) is 0 Å². The molecule has 0 nitrogen and oxygen atoms in total. The van der Waals surface area contributed by atoms with E-state index in [4.69, 9.17) is 6.92 Å². The first kappa shape index (κ1) is 7.00.